The average molecular weight is 483 g/mol. The maximum atomic E-state index is 4.65. The van der Waals surface area contributed by atoms with Crippen LogP contribution in [-0.4, -0.2) is 58.0 Å². The second-order valence-corrected chi connectivity index (χ2v) is 9.89. The Morgan fingerprint density at radius 2 is 1.97 bits per heavy atom. The molecular formula is C28H30N6S. The van der Waals surface area contributed by atoms with Gasteiger partial charge >= 0.3 is 0 Å². The summed E-state index contributed by atoms with van der Waals surface area (Å²) in [6, 6.07) is 6.40. The van der Waals surface area contributed by atoms with E-state index in [2.05, 4.69) is 74.6 Å². The minimum Gasteiger partial charge on any atom is -0.369 e. The quantitative estimate of drug-likeness (QED) is 0.335. The molecule has 0 amide bonds. The molecule has 2 N–H and O–H groups in total. The van der Waals surface area contributed by atoms with E-state index in [0.29, 0.717) is 0 Å². The fourth-order valence-electron chi connectivity index (χ4n) is 4.23. The highest BCUT2D eigenvalue weighted by Gasteiger charge is 2.14. The largest absolute Gasteiger partial charge is 0.369 e. The van der Waals surface area contributed by atoms with E-state index in [1.807, 2.05) is 43.9 Å². The zero-order chi connectivity index (χ0) is 24.4. The van der Waals surface area contributed by atoms with Crippen molar-refractivity contribution in [1.29, 1.82) is 0 Å². The van der Waals surface area contributed by atoms with Crippen molar-refractivity contribution in [3.05, 3.63) is 91.3 Å². The summed E-state index contributed by atoms with van der Waals surface area (Å²) >= 11 is 1.74. The first-order valence-corrected chi connectivity index (χ1v) is 12.6. The van der Waals surface area contributed by atoms with Crippen molar-refractivity contribution < 1.29 is 0 Å². The van der Waals surface area contributed by atoms with Crippen LogP contribution in [0.2, 0.25) is 0 Å². The van der Waals surface area contributed by atoms with Crippen molar-refractivity contribution in [2.75, 3.05) is 33.2 Å². The monoisotopic (exact) mass is 482 g/mol. The van der Waals surface area contributed by atoms with Crippen molar-refractivity contribution in [2.24, 2.45) is 0 Å². The van der Waals surface area contributed by atoms with E-state index in [4.69, 9.17) is 0 Å². The Morgan fingerprint density at radius 3 is 2.74 bits per heavy atom. The minimum absolute atomic E-state index is 0.801. The number of fused-ring (bicyclic) bond motifs is 2. The fraction of sp³-hybridized carbons (Fsp3) is 0.214. The maximum absolute atomic E-state index is 4.65. The van der Waals surface area contributed by atoms with Crippen LogP contribution in [0.3, 0.4) is 0 Å². The van der Waals surface area contributed by atoms with Gasteiger partial charge < -0.3 is 20.1 Å². The average Bonchev–Trinajstić information content (AvgIpc) is 3.50. The molecule has 1 fully saturated rings. The molecule has 0 spiro atoms. The third kappa shape index (κ3) is 4.92. The van der Waals surface area contributed by atoms with E-state index in [1.54, 1.807) is 11.3 Å². The lowest BCUT2D eigenvalue weighted by Gasteiger charge is -2.34. The fourth-order valence-corrected chi connectivity index (χ4v) is 5.29. The van der Waals surface area contributed by atoms with Crippen LogP contribution in [0.1, 0.15) is 12.5 Å². The molecule has 1 aliphatic heterocycles. The zero-order valence-electron chi connectivity index (χ0n) is 20.2. The number of pyridine rings is 2. The standard InChI is InChI=1S/C28H30N6S/c1-5-23(7-6-19(2)34-12-10-33(4)11-13-34)32-20(3)22-14-24-25(17-31-28(24)30-16-22)26-15-21-8-9-29-18-27(21)35-26/h5-9,14-18,32H,2-3,10-13H2,1,4H3,(H,30,31)/b7-6-,23-5+. The van der Waals surface area contributed by atoms with E-state index in [1.165, 1.54) is 15.0 Å². The number of hydrogen-bond donors (Lipinski definition) is 2. The van der Waals surface area contributed by atoms with Crippen LogP contribution >= 0.6 is 11.3 Å². The summed E-state index contributed by atoms with van der Waals surface area (Å²) in [7, 11) is 2.16. The Kier molecular flexibility index (Phi) is 6.53. The molecular weight excluding hydrogens is 452 g/mol. The molecule has 7 heteroatoms. The number of likely N-dealkylation sites (N-methyl/N-ethyl adjacent to an activating group) is 1. The van der Waals surface area contributed by atoms with Gasteiger partial charge in [0.25, 0.3) is 0 Å². The third-order valence-electron chi connectivity index (χ3n) is 6.44. The van der Waals surface area contributed by atoms with Crippen LogP contribution in [0.4, 0.5) is 0 Å². The number of hydrogen-bond acceptors (Lipinski definition) is 6. The van der Waals surface area contributed by atoms with Crippen LogP contribution < -0.4 is 5.32 Å². The lowest BCUT2D eigenvalue weighted by molar-refractivity contribution is 0.190. The summed E-state index contributed by atoms with van der Waals surface area (Å²) in [5, 5.41) is 5.72. The molecule has 178 valence electrons. The summed E-state index contributed by atoms with van der Waals surface area (Å²) in [5.74, 6) is 0. The van der Waals surface area contributed by atoms with Crippen LogP contribution in [0.15, 0.2) is 85.8 Å². The molecule has 1 aliphatic rings. The predicted molar refractivity (Wildman–Crippen MR) is 148 cm³/mol. The second-order valence-electron chi connectivity index (χ2n) is 8.81. The predicted octanol–water partition coefficient (Wildman–Crippen LogP) is 5.62. The van der Waals surface area contributed by atoms with E-state index in [-0.39, 0.29) is 0 Å². The van der Waals surface area contributed by atoms with Crippen LogP contribution in [0, 0.1) is 0 Å². The van der Waals surface area contributed by atoms with Gasteiger partial charge in [-0.05, 0) is 49.7 Å². The molecule has 4 aromatic heterocycles. The van der Waals surface area contributed by atoms with Crippen molar-refractivity contribution in [2.45, 2.75) is 6.92 Å². The number of nitrogens with one attached hydrogen (secondary N) is 2. The molecule has 0 radical (unpaired) electrons. The Labute approximate surface area is 210 Å². The molecule has 6 nitrogen and oxygen atoms in total. The summed E-state index contributed by atoms with van der Waals surface area (Å²) in [5.41, 5.74) is 5.75. The van der Waals surface area contributed by atoms with Gasteiger partial charge in [0.05, 0.1) is 4.70 Å². The van der Waals surface area contributed by atoms with E-state index < -0.39 is 0 Å². The van der Waals surface area contributed by atoms with Gasteiger partial charge in [-0.2, -0.15) is 0 Å². The highest BCUT2D eigenvalue weighted by molar-refractivity contribution is 7.22. The van der Waals surface area contributed by atoms with Crippen molar-refractivity contribution in [3.63, 3.8) is 0 Å². The van der Waals surface area contributed by atoms with Gasteiger partial charge in [-0.25, -0.2) is 4.98 Å². The summed E-state index contributed by atoms with van der Waals surface area (Å²) in [6.45, 7) is 14.7. The van der Waals surface area contributed by atoms with E-state index in [9.17, 15) is 0 Å². The van der Waals surface area contributed by atoms with E-state index in [0.717, 1.165) is 65.4 Å². The molecule has 0 atom stereocenters. The van der Waals surface area contributed by atoms with Gasteiger partial charge in [-0.15, -0.1) is 11.3 Å². The summed E-state index contributed by atoms with van der Waals surface area (Å²) in [6.07, 6.45) is 13.8. The topological polar surface area (TPSA) is 60.1 Å². The van der Waals surface area contributed by atoms with Gasteiger partial charge in [-0.3, -0.25) is 4.98 Å². The van der Waals surface area contributed by atoms with Crippen molar-refractivity contribution in [3.8, 4) is 10.4 Å². The number of aromatic amines is 1. The second kappa shape index (κ2) is 9.90. The number of allylic oxidation sites excluding steroid dienone is 3. The highest BCUT2D eigenvalue weighted by Crippen LogP contribution is 2.37. The number of piperazine rings is 1. The molecule has 35 heavy (non-hydrogen) atoms. The van der Waals surface area contributed by atoms with Gasteiger partial charge in [0.15, 0.2) is 0 Å². The van der Waals surface area contributed by atoms with Crippen LogP contribution in [0.5, 0.6) is 0 Å². The Balaban J connectivity index is 1.33. The molecule has 1 saturated heterocycles. The molecule has 4 aromatic rings. The van der Waals surface area contributed by atoms with Crippen molar-refractivity contribution >= 4 is 38.2 Å². The van der Waals surface area contributed by atoms with Crippen LogP contribution in [0.25, 0.3) is 37.3 Å². The Morgan fingerprint density at radius 1 is 1.14 bits per heavy atom. The number of thiophene rings is 1. The third-order valence-corrected chi connectivity index (χ3v) is 7.56. The number of nitrogens with zero attached hydrogens (tertiary/aromatic N) is 4. The molecule has 0 unspecified atom stereocenters. The van der Waals surface area contributed by atoms with Crippen LogP contribution in [-0.2, 0) is 0 Å². The normalized spacial score (nSPS) is 15.4. The SMILES string of the molecule is C=C(NC(/C=C\C(=C)N1CCN(C)CC1)=C/C)c1cnc2[nH]cc(-c3cc4ccncc4s3)c2c1. The Bertz CT molecular complexity index is 1420. The number of H-pyrrole nitrogens is 1. The molecule has 0 aliphatic carbocycles. The zero-order valence-corrected chi connectivity index (χ0v) is 21.0. The Hall–Kier alpha value is -3.68. The summed E-state index contributed by atoms with van der Waals surface area (Å²) < 4.78 is 1.18. The molecule has 0 saturated carbocycles. The molecule has 5 rings (SSSR count). The smallest absolute Gasteiger partial charge is 0.137 e. The van der Waals surface area contributed by atoms with E-state index >= 15 is 0 Å². The molecule has 0 aromatic carbocycles. The lowest BCUT2D eigenvalue weighted by atomic mass is 10.1. The highest BCUT2D eigenvalue weighted by atomic mass is 32.1. The molecule has 0 bridgehead atoms. The van der Waals surface area contributed by atoms with Crippen molar-refractivity contribution in [1.82, 2.24) is 30.1 Å². The molecule has 5 heterocycles. The van der Waals surface area contributed by atoms with Gasteiger partial charge in [0, 0.05) is 89.4 Å². The maximum Gasteiger partial charge on any atom is 0.137 e. The van der Waals surface area contributed by atoms with Gasteiger partial charge in [-0.1, -0.05) is 19.2 Å². The first kappa shape index (κ1) is 23.1. The van der Waals surface area contributed by atoms with Gasteiger partial charge in [0.1, 0.15) is 5.65 Å². The first-order valence-electron chi connectivity index (χ1n) is 11.8. The number of rotatable bonds is 7. The first-order chi connectivity index (χ1) is 17.0. The minimum atomic E-state index is 0.801. The summed E-state index contributed by atoms with van der Waals surface area (Å²) in [4.78, 5) is 18.1. The lowest BCUT2D eigenvalue weighted by Crippen LogP contribution is -2.43. The number of aromatic nitrogens is 3. The van der Waals surface area contributed by atoms with Gasteiger partial charge in [0.2, 0.25) is 0 Å².